The van der Waals surface area contributed by atoms with Crippen molar-refractivity contribution in [3.8, 4) is 0 Å². The van der Waals surface area contributed by atoms with Gasteiger partial charge in [-0.15, -0.1) is 0 Å². The second-order valence-corrected chi connectivity index (χ2v) is 3.12. The normalized spacial score (nSPS) is 15.2. The summed E-state index contributed by atoms with van der Waals surface area (Å²) in [4.78, 5) is 3.44. The van der Waals surface area contributed by atoms with E-state index in [0.717, 1.165) is 0 Å². The Bertz CT molecular complexity index is 320. The molecule has 0 bridgehead atoms. The van der Waals surface area contributed by atoms with Gasteiger partial charge >= 0.3 is 0 Å². The Balaban J connectivity index is 2.91. The van der Waals surface area contributed by atoms with Gasteiger partial charge in [0.2, 0.25) is 5.95 Å². The average molecular weight is 200 g/mol. The molecule has 0 spiro atoms. The minimum absolute atomic E-state index is 0.0579. The predicted octanol–water partition coefficient (Wildman–Crippen LogP) is -0.118. The van der Waals surface area contributed by atoms with E-state index >= 15 is 0 Å². The fraction of sp³-hybridized carbons (Fsp3) is 0.444. The highest BCUT2D eigenvalue weighted by molar-refractivity contribution is 5.20. The quantitative estimate of drug-likeness (QED) is 0.594. The molecule has 1 heterocycles. The summed E-state index contributed by atoms with van der Waals surface area (Å²) >= 11 is 0. The van der Waals surface area contributed by atoms with Crippen LogP contribution in [0.4, 0.5) is 4.39 Å². The Hall–Kier alpha value is -1.04. The summed E-state index contributed by atoms with van der Waals surface area (Å²) in [7, 11) is 0. The summed E-state index contributed by atoms with van der Waals surface area (Å²) in [6.45, 7) is 1.48. The second kappa shape index (κ2) is 4.45. The fourth-order valence-electron chi connectivity index (χ4n) is 1.09. The van der Waals surface area contributed by atoms with E-state index in [-0.39, 0.29) is 6.54 Å². The average Bonchev–Trinajstić information content (AvgIpc) is 2.20. The zero-order chi connectivity index (χ0) is 10.7. The molecule has 0 radical (unpaired) electrons. The SMILES string of the molecule is Cc1cc(C(O)C(O)CN)cnc1F. The predicted molar refractivity (Wildman–Crippen MR) is 49.0 cm³/mol. The Labute approximate surface area is 81.2 Å². The molecule has 0 aliphatic carbocycles. The minimum atomic E-state index is -1.12. The van der Waals surface area contributed by atoms with Crippen LogP contribution in [-0.2, 0) is 0 Å². The maximum absolute atomic E-state index is 12.8. The number of aromatic nitrogens is 1. The van der Waals surface area contributed by atoms with Crippen LogP contribution >= 0.6 is 0 Å². The molecular weight excluding hydrogens is 187 g/mol. The summed E-state index contributed by atoms with van der Waals surface area (Å²) < 4.78 is 12.8. The van der Waals surface area contributed by atoms with Gasteiger partial charge in [0.25, 0.3) is 0 Å². The van der Waals surface area contributed by atoms with E-state index in [1.165, 1.54) is 19.2 Å². The molecule has 0 aliphatic rings. The summed E-state index contributed by atoms with van der Waals surface area (Å²) in [5.41, 5.74) is 5.86. The van der Waals surface area contributed by atoms with E-state index in [1.54, 1.807) is 0 Å². The number of hydrogen-bond acceptors (Lipinski definition) is 4. The molecule has 78 valence electrons. The lowest BCUT2D eigenvalue weighted by atomic mass is 10.1. The Morgan fingerprint density at radius 1 is 1.57 bits per heavy atom. The van der Waals surface area contributed by atoms with E-state index in [9.17, 15) is 14.6 Å². The van der Waals surface area contributed by atoms with Crippen LogP contribution in [0.15, 0.2) is 12.3 Å². The van der Waals surface area contributed by atoms with Crippen molar-refractivity contribution < 1.29 is 14.6 Å². The van der Waals surface area contributed by atoms with Crippen molar-refractivity contribution in [2.24, 2.45) is 5.73 Å². The van der Waals surface area contributed by atoms with E-state index < -0.39 is 18.2 Å². The van der Waals surface area contributed by atoms with Crippen LogP contribution in [0.1, 0.15) is 17.2 Å². The molecule has 0 saturated heterocycles. The first-order chi connectivity index (χ1) is 6.56. The van der Waals surface area contributed by atoms with Gasteiger partial charge in [-0.1, -0.05) is 0 Å². The van der Waals surface area contributed by atoms with E-state index in [0.29, 0.717) is 11.1 Å². The molecule has 5 heteroatoms. The summed E-state index contributed by atoms with van der Waals surface area (Å²) in [5.74, 6) is -0.580. The van der Waals surface area contributed by atoms with Gasteiger partial charge in [0, 0.05) is 23.9 Å². The third-order valence-electron chi connectivity index (χ3n) is 1.98. The fourth-order valence-corrected chi connectivity index (χ4v) is 1.09. The molecule has 0 amide bonds. The van der Waals surface area contributed by atoms with Crippen LogP contribution in [0.25, 0.3) is 0 Å². The first kappa shape index (κ1) is 11.0. The lowest BCUT2D eigenvalue weighted by Gasteiger charge is -2.16. The van der Waals surface area contributed by atoms with Crippen LogP contribution in [-0.4, -0.2) is 27.8 Å². The van der Waals surface area contributed by atoms with Crippen LogP contribution in [0, 0.1) is 12.9 Å². The van der Waals surface area contributed by atoms with Gasteiger partial charge < -0.3 is 15.9 Å². The van der Waals surface area contributed by atoms with Crippen molar-refractivity contribution in [3.05, 3.63) is 29.3 Å². The molecule has 2 atom stereocenters. The molecule has 4 nitrogen and oxygen atoms in total. The van der Waals surface area contributed by atoms with Gasteiger partial charge in [-0.2, -0.15) is 4.39 Å². The minimum Gasteiger partial charge on any atom is -0.389 e. The number of aliphatic hydroxyl groups excluding tert-OH is 2. The lowest BCUT2D eigenvalue weighted by molar-refractivity contribution is 0.0240. The molecule has 14 heavy (non-hydrogen) atoms. The van der Waals surface area contributed by atoms with Gasteiger partial charge in [-0.25, -0.2) is 4.98 Å². The lowest BCUT2D eigenvalue weighted by Crippen LogP contribution is -2.27. The molecule has 4 N–H and O–H groups in total. The number of pyridine rings is 1. The Morgan fingerprint density at radius 2 is 2.21 bits per heavy atom. The van der Waals surface area contributed by atoms with Gasteiger partial charge in [-0.3, -0.25) is 0 Å². The van der Waals surface area contributed by atoms with Gasteiger partial charge in [0.15, 0.2) is 0 Å². The third kappa shape index (κ3) is 2.25. The van der Waals surface area contributed by atoms with Crippen molar-refractivity contribution in [1.82, 2.24) is 4.98 Å². The van der Waals surface area contributed by atoms with E-state index in [2.05, 4.69) is 4.98 Å². The van der Waals surface area contributed by atoms with Gasteiger partial charge in [0.05, 0.1) is 6.10 Å². The molecule has 1 aromatic heterocycles. The number of aliphatic hydroxyl groups is 2. The number of aryl methyl sites for hydroxylation is 1. The van der Waals surface area contributed by atoms with E-state index in [1.807, 2.05) is 0 Å². The van der Waals surface area contributed by atoms with Gasteiger partial charge in [-0.05, 0) is 13.0 Å². The number of rotatable bonds is 3. The van der Waals surface area contributed by atoms with Crippen molar-refractivity contribution in [2.75, 3.05) is 6.54 Å². The zero-order valence-corrected chi connectivity index (χ0v) is 7.81. The number of hydrogen-bond donors (Lipinski definition) is 3. The number of halogens is 1. The molecule has 1 rings (SSSR count). The number of nitrogens with two attached hydrogens (primary N) is 1. The largest absolute Gasteiger partial charge is 0.389 e. The summed E-state index contributed by atoms with van der Waals surface area (Å²) in [6.07, 6.45) is -0.986. The zero-order valence-electron chi connectivity index (χ0n) is 7.81. The topological polar surface area (TPSA) is 79.4 Å². The summed E-state index contributed by atoms with van der Waals surface area (Å²) in [5, 5.41) is 18.8. The molecule has 0 saturated carbocycles. The second-order valence-electron chi connectivity index (χ2n) is 3.12. The highest BCUT2D eigenvalue weighted by atomic mass is 19.1. The van der Waals surface area contributed by atoms with Gasteiger partial charge in [0.1, 0.15) is 6.10 Å². The van der Waals surface area contributed by atoms with Crippen LogP contribution in [0.2, 0.25) is 0 Å². The molecule has 1 aromatic rings. The molecular formula is C9H13FN2O2. The first-order valence-electron chi connectivity index (χ1n) is 4.24. The first-order valence-corrected chi connectivity index (χ1v) is 4.24. The molecule has 0 aromatic carbocycles. The van der Waals surface area contributed by atoms with Crippen molar-refractivity contribution >= 4 is 0 Å². The Morgan fingerprint density at radius 3 is 2.71 bits per heavy atom. The maximum Gasteiger partial charge on any atom is 0.215 e. The standard InChI is InChI=1S/C9H13FN2O2/c1-5-2-6(4-12-9(5)10)8(14)7(13)3-11/h2,4,7-8,13-14H,3,11H2,1H3. The van der Waals surface area contributed by atoms with Crippen LogP contribution in [0.5, 0.6) is 0 Å². The number of nitrogens with zero attached hydrogens (tertiary/aromatic N) is 1. The van der Waals surface area contributed by atoms with Crippen molar-refractivity contribution in [3.63, 3.8) is 0 Å². The monoisotopic (exact) mass is 200 g/mol. The molecule has 2 unspecified atom stereocenters. The molecule has 0 fully saturated rings. The summed E-state index contributed by atoms with van der Waals surface area (Å²) in [6, 6.07) is 1.44. The smallest absolute Gasteiger partial charge is 0.215 e. The van der Waals surface area contributed by atoms with Crippen LogP contribution < -0.4 is 5.73 Å². The third-order valence-corrected chi connectivity index (χ3v) is 1.98. The van der Waals surface area contributed by atoms with Crippen molar-refractivity contribution in [2.45, 2.75) is 19.1 Å². The van der Waals surface area contributed by atoms with Crippen molar-refractivity contribution in [1.29, 1.82) is 0 Å². The van der Waals surface area contributed by atoms with Crippen LogP contribution in [0.3, 0.4) is 0 Å². The van der Waals surface area contributed by atoms with E-state index in [4.69, 9.17) is 5.73 Å². The molecule has 0 aliphatic heterocycles. The highest BCUT2D eigenvalue weighted by Gasteiger charge is 2.17. The maximum atomic E-state index is 12.8. The Kier molecular flexibility index (Phi) is 3.51. The highest BCUT2D eigenvalue weighted by Crippen LogP contribution is 2.17.